The summed E-state index contributed by atoms with van der Waals surface area (Å²) in [5, 5.41) is 0. The SMILES string of the molecule is C#C.C=C(CCC1=CCC2C(=S)CCCC12C)CC(C)(C)C.CC. The first kappa shape index (κ1) is 23.1. The standard InChI is InChI=1S/C19H30S.C2H6.C2H2/c1-14(13-18(2,3)4)8-9-15-10-11-16-17(20)7-6-12-19(15,16)5;2*1-2/h10,16H,1,6-9,11-13H2,2-5H3;1-2H3;1-2H. The van der Waals surface area contributed by atoms with E-state index in [0.29, 0.717) is 16.7 Å². The molecule has 0 aromatic carbocycles. The Hall–Kier alpha value is -0.870. The van der Waals surface area contributed by atoms with Gasteiger partial charge in [-0.1, -0.05) is 77.6 Å². The molecule has 2 rings (SSSR count). The molecule has 1 saturated carbocycles. The summed E-state index contributed by atoms with van der Waals surface area (Å²) in [6.45, 7) is 17.6. The Morgan fingerprint density at radius 1 is 1.33 bits per heavy atom. The van der Waals surface area contributed by atoms with Crippen molar-refractivity contribution in [2.45, 2.75) is 86.5 Å². The van der Waals surface area contributed by atoms with E-state index in [-0.39, 0.29) is 0 Å². The Balaban J connectivity index is 0.00000123. The average Bonchev–Trinajstić information content (AvgIpc) is 2.85. The maximum Gasteiger partial charge on any atom is 0.00277 e. The second-order valence-corrected chi connectivity index (χ2v) is 8.77. The van der Waals surface area contributed by atoms with Crippen LogP contribution in [0.3, 0.4) is 0 Å². The van der Waals surface area contributed by atoms with E-state index in [1.807, 2.05) is 13.8 Å². The lowest BCUT2D eigenvalue weighted by atomic mass is 9.65. The molecule has 0 radical (unpaired) electrons. The first-order chi connectivity index (χ1) is 11.2. The van der Waals surface area contributed by atoms with Crippen LogP contribution in [0.15, 0.2) is 23.8 Å². The predicted molar refractivity (Wildman–Crippen MR) is 114 cm³/mol. The van der Waals surface area contributed by atoms with Crippen molar-refractivity contribution in [3.05, 3.63) is 23.8 Å². The molecular weight excluding hydrogens is 308 g/mol. The van der Waals surface area contributed by atoms with Gasteiger partial charge in [0.1, 0.15) is 0 Å². The highest BCUT2D eigenvalue weighted by Gasteiger charge is 2.44. The van der Waals surface area contributed by atoms with Crippen molar-refractivity contribution in [2.75, 3.05) is 0 Å². The minimum absolute atomic E-state index is 0.361. The topological polar surface area (TPSA) is 0 Å². The van der Waals surface area contributed by atoms with Crippen LogP contribution in [0.2, 0.25) is 0 Å². The molecule has 0 heterocycles. The van der Waals surface area contributed by atoms with Crippen molar-refractivity contribution in [3.63, 3.8) is 0 Å². The lowest BCUT2D eigenvalue weighted by Gasteiger charge is -2.40. The second kappa shape index (κ2) is 10.2. The van der Waals surface area contributed by atoms with E-state index >= 15 is 0 Å². The normalized spacial score (nSPS) is 25.4. The zero-order valence-corrected chi connectivity index (χ0v) is 17.7. The number of hydrogen-bond acceptors (Lipinski definition) is 1. The fourth-order valence-corrected chi connectivity index (χ4v) is 4.64. The molecule has 24 heavy (non-hydrogen) atoms. The van der Waals surface area contributed by atoms with E-state index in [2.05, 4.69) is 53.2 Å². The Labute approximate surface area is 157 Å². The molecule has 1 fully saturated rings. The highest BCUT2D eigenvalue weighted by atomic mass is 32.1. The molecule has 0 aromatic rings. The van der Waals surface area contributed by atoms with Crippen molar-refractivity contribution >= 4 is 17.1 Å². The molecule has 0 bridgehead atoms. The summed E-state index contributed by atoms with van der Waals surface area (Å²) < 4.78 is 0. The smallest absolute Gasteiger partial charge is 0.00277 e. The predicted octanol–water partition coefficient (Wildman–Crippen LogP) is 7.54. The number of hydrogen-bond donors (Lipinski definition) is 0. The number of thiocarbonyl (C=S) groups is 1. The third kappa shape index (κ3) is 6.21. The van der Waals surface area contributed by atoms with Crippen LogP contribution >= 0.6 is 12.2 Å². The van der Waals surface area contributed by atoms with E-state index in [1.54, 1.807) is 5.57 Å². The Kier molecular flexibility index (Phi) is 9.83. The van der Waals surface area contributed by atoms with E-state index < -0.39 is 0 Å². The Bertz CT molecular complexity index is 472. The fourth-order valence-electron chi connectivity index (χ4n) is 4.14. The number of fused-ring (bicyclic) bond motifs is 1. The van der Waals surface area contributed by atoms with E-state index in [0.717, 1.165) is 12.8 Å². The van der Waals surface area contributed by atoms with Crippen molar-refractivity contribution < 1.29 is 0 Å². The minimum Gasteiger partial charge on any atom is -0.124 e. The molecule has 0 aliphatic heterocycles. The molecule has 136 valence electrons. The summed E-state index contributed by atoms with van der Waals surface area (Å²) in [7, 11) is 0. The zero-order valence-electron chi connectivity index (χ0n) is 16.9. The van der Waals surface area contributed by atoms with Gasteiger partial charge in [-0.3, -0.25) is 0 Å². The average molecular weight is 347 g/mol. The lowest BCUT2D eigenvalue weighted by Crippen LogP contribution is -2.34. The van der Waals surface area contributed by atoms with Gasteiger partial charge in [0.05, 0.1) is 0 Å². The summed E-state index contributed by atoms with van der Waals surface area (Å²) >= 11 is 5.62. The van der Waals surface area contributed by atoms with Crippen LogP contribution in [0.5, 0.6) is 0 Å². The van der Waals surface area contributed by atoms with Crippen LogP contribution in [0.25, 0.3) is 0 Å². The summed E-state index contributed by atoms with van der Waals surface area (Å²) in [6, 6.07) is 0. The molecule has 0 spiro atoms. The molecule has 0 aromatic heterocycles. The molecule has 2 atom stereocenters. The largest absolute Gasteiger partial charge is 0.124 e. The third-order valence-electron chi connectivity index (χ3n) is 5.14. The van der Waals surface area contributed by atoms with E-state index in [9.17, 15) is 0 Å². The lowest BCUT2D eigenvalue weighted by molar-refractivity contribution is 0.272. The summed E-state index contributed by atoms with van der Waals surface area (Å²) in [6.07, 6.45) is 19.0. The van der Waals surface area contributed by atoms with Gasteiger partial charge in [-0.05, 0) is 60.6 Å². The molecule has 2 unspecified atom stereocenters. The number of terminal acetylenes is 1. The second-order valence-electron chi connectivity index (χ2n) is 8.24. The van der Waals surface area contributed by atoms with Gasteiger partial charge in [-0.15, -0.1) is 12.8 Å². The maximum absolute atomic E-state index is 5.62. The van der Waals surface area contributed by atoms with Crippen molar-refractivity contribution in [3.8, 4) is 12.8 Å². The molecule has 0 N–H and O–H groups in total. The maximum atomic E-state index is 5.62. The van der Waals surface area contributed by atoms with Gasteiger partial charge in [0.25, 0.3) is 0 Å². The van der Waals surface area contributed by atoms with Crippen molar-refractivity contribution in [1.29, 1.82) is 0 Å². The van der Waals surface area contributed by atoms with Gasteiger partial charge in [0, 0.05) is 5.92 Å². The molecular formula is C23H38S. The van der Waals surface area contributed by atoms with Crippen LogP contribution < -0.4 is 0 Å². The number of rotatable bonds is 4. The molecule has 2 aliphatic rings. The van der Waals surface area contributed by atoms with Gasteiger partial charge in [0.2, 0.25) is 0 Å². The van der Waals surface area contributed by atoms with Crippen LogP contribution in [0.4, 0.5) is 0 Å². The highest BCUT2D eigenvalue weighted by molar-refractivity contribution is 7.80. The first-order valence-electron chi connectivity index (χ1n) is 9.44. The summed E-state index contributed by atoms with van der Waals surface area (Å²) in [5.74, 6) is 0.650. The minimum atomic E-state index is 0.361. The molecule has 2 aliphatic carbocycles. The monoisotopic (exact) mass is 346 g/mol. The highest BCUT2D eigenvalue weighted by Crippen LogP contribution is 2.53. The molecule has 0 saturated heterocycles. The van der Waals surface area contributed by atoms with E-state index in [4.69, 9.17) is 12.2 Å². The van der Waals surface area contributed by atoms with Crippen molar-refractivity contribution in [2.24, 2.45) is 16.7 Å². The summed E-state index contributed by atoms with van der Waals surface area (Å²) in [5.41, 5.74) is 3.81. The zero-order chi connectivity index (χ0) is 19.0. The third-order valence-corrected chi connectivity index (χ3v) is 5.63. The van der Waals surface area contributed by atoms with Gasteiger partial charge in [-0.25, -0.2) is 0 Å². The quantitative estimate of drug-likeness (QED) is 0.288. The van der Waals surface area contributed by atoms with Gasteiger partial charge < -0.3 is 0 Å². The van der Waals surface area contributed by atoms with Gasteiger partial charge in [-0.2, -0.15) is 0 Å². The van der Waals surface area contributed by atoms with Gasteiger partial charge >= 0.3 is 0 Å². The van der Waals surface area contributed by atoms with Gasteiger partial charge in [0.15, 0.2) is 0 Å². The molecule has 0 nitrogen and oxygen atoms in total. The fraction of sp³-hybridized carbons (Fsp3) is 0.696. The Morgan fingerprint density at radius 2 is 1.92 bits per heavy atom. The van der Waals surface area contributed by atoms with Crippen LogP contribution in [-0.4, -0.2) is 4.86 Å². The molecule has 0 amide bonds. The van der Waals surface area contributed by atoms with Crippen molar-refractivity contribution in [1.82, 2.24) is 0 Å². The van der Waals surface area contributed by atoms with Crippen LogP contribution in [-0.2, 0) is 0 Å². The van der Waals surface area contributed by atoms with Crippen LogP contribution in [0, 0.1) is 29.6 Å². The number of allylic oxidation sites excluding steroid dienone is 3. The molecule has 1 heteroatoms. The van der Waals surface area contributed by atoms with Crippen LogP contribution in [0.1, 0.15) is 86.5 Å². The first-order valence-corrected chi connectivity index (χ1v) is 9.85. The summed E-state index contributed by atoms with van der Waals surface area (Å²) in [4.78, 5) is 1.33. The van der Waals surface area contributed by atoms with E-state index in [1.165, 1.54) is 42.5 Å². The Morgan fingerprint density at radius 3 is 2.46 bits per heavy atom.